The number of hydrogen-bond donors (Lipinski definition) is 0. The Kier molecular flexibility index (Phi) is 5.11. The van der Waals surface area contributed by atoms with Crippen LogP contribution in [0.5, 0.6) is 5.75 Å². The Morgan fingerprint density at radius 2 is 2.00 bits per heavy atom. The van der Waals surface area contributed by atoms with Gasteiger partial charge in [-0.15, -0.1) is 0 Å². The van der Waals surface area contributed by atoms with Crippen LogP contribution in [0.1, 0.15) is 11.3 Å². The first kappa shape index (κ1) is 18.1. The number of carbonyl (C=O) groups excluding carboxylic acids is 1. The van der Waals surface area contributed by atoms with Gasteiger partial charge >= 0.3 is 5.97 Å². The maximum Gasteiger partial charge on any atom is 0.344 e. The van der Waals surface area contributed by atoms with Crippen LogP contribution in [0.2, 0.25) is 0 Å². The second-order valence-corrected chi connectivity index (χ2v) is 5.67. The van der Waals surface area contributed by atoms with Crippen molar-refractivity contribution in [2.24, 2.45) is 0 Å². The van der Waals surface area contributed by atoms with Crippen LogP contribution in [0.25, 0.3) is 5.65 Å². The average Bonchev–Trinajstić information content (AvgIpc) is 2.66. The number of hydrogen-bond acceptors (Lipinski definition) is 7. The first-order chi connectivity index (χ1) is 12.9. The van der Waals surface area contributed by atoms with Crippen molar-refractivity contribution in [3.05, 3.63) is 80.4 Å². The van der Waals surface area contributed by atoms with Gasteiger partial charge in [-0.05, 0) is 30.7 Å². The van der Waals surface area contributed by atoms with E-state index in [2.05, 4.69) is 4.98 Å². The fourth-order valence-corrected chi connectivity index (χ4v) is 2.39. The number of esters is 1. The van der Waals surface area contributed by atoms with Gasteiger partial charge in [-0.3, -0.25) is 19.3 Å². The Balaban J connectivity index is 1.59. The highest BCUT2D eigenvalue weighted by Gasteiger charge is 2.10. The number of non-ortho nitro benzene ring substituents is 1. The number of aryl methyl sites for hydroxylation is 1. The molecule has 9 heteroatoms. The van der Waals surface area contributed by atoms with Gasteiger partial charge in [0.1, 0.15) is 18.0 Å². The van der Waals surface area contributed by atoms with Crippen LogP contribution in [-0.4, -0.2) is 26.9 Å². The third kappa shape index (κ3) is 4.27. The molecule has 1 aromatic carbocycles. The highest BCUT2D eigenvalue weighted by Crippen LogP contribution is 2.17. The molecule has 0 spiro atoms. The molecule has 0 N–H and O–H groups in total. The van der Waals surface area contributed by atoms with Crippen molar-refractivity contribution in [1.82, 2.24) is 9.38 Å². The quantitative estimate of drug-likeness (QED) is 0.371. The zero-order valence-electron chi connectivity index (χ0n) is 14.3. The fraction of sp³-hybridized carbons (Fsp3) is 0.167. The van der Waals surface area contributed by atoms with Gasteiger partial charge in [0.05, 0.1) is 10.6 Å². The molecular formula is C18H15N3O6. The minimum Gasteiger partial charge on any atom is -0.482 e. The maximum absolute atomic E-state index is 12.1. The lowest BCUT2D eigenvalue weighted by Gasteiger charge is -2.08. The minimum absolute atomic E-state index is 0.0751. The number of nitro benzene ring substituents is 1. The second kappa shape index (κ2) is 7.65. The van der Waals surface area contributed by atoms with Crippen LogP contribution in [0, 0.1) is 17.0 Å². The second-order valence-electron chi connectivity index (χ2n) is 5.67. The van der Waals surface area contributed by atoms with Crippen molar-refractivity contribution < 1.29 is 19.2 Å². The molecule has 0 aliphatic rings. The monoisotopic (exact) mass is 369 g/mol. The fourth-order valence-electron chi connectivity index (χ4n) is 2.39. The van der Waals surface area contributed by atoms with Gasteiger partial charge in [0.15, 0.2) is 6.61 Å². The number of nitro groups is 1. The summed E-state index contributed by atoms with van der Waals surface area (Å²) in [6.07, 6.45) is 1.62. The smallest absolute Gasteiger partial charge is 0.344 e. The van der Waals surface area contributed by atoms with E-state index in [9.17, 15) is 19.7 Å². The zero-order chi connectivity index (χ0) is 19.4. The van der Waals surface area contributed by atoms with E-state index in [1.807, 2.05) is 13.0 Å². The van der Waals surface area contributed by atoms with Crippen molar-refractivity contribution in [3.8, 4) is 5.75 Å². The number of nitrogens with zero attached hydrogens (tertiary/aromatic N) is 3. The van der Waals surface area contributed by atoms with Gasteiger partial charge < -0.3 is 9.47 Å². The summed E-state index contributed by atoms with van der Waals surface area (Å²) >= 11 is 0. The first-order valence-corrected chi connectivity index (χ1v) is 7.95. The lowest BCUT2D eigenvalue weighted by Crippen LogP contribution is -2.19. The summed E-state index contributed by atoms with van der Waals surface area (Å²) < 4.78 is 11.7. The van der Waals surface area contributed by atoms with E-state index in [-0.39, 0.29) is 24.5 Å². The maximum atomic E-state index is 12.1. The van der Waals surface area contributed by atoms with E-state index in [4.69, 9.17) is 9.47 Å². The van der Waals surface area contributed by atoms with Gasteiger partial charge in [0.25, 0.3) is 11.2 Å². The lowest BCUT2D eigenvalue weighted by atomic mass is 10.3. The summed E-state index contributed by atoms with van der Waals surface area (Å²) in [6, 6.07) is 10.2. The zero-order valence-corrected chi connectivity index (χ0v) is 14.3. The van der Waals surface area contributed by atoms with Crippen LogP contribution in [0.3, 0.4) is 0 Å². The molecule has 0 saturated carbocycles. The summed E-state index contributed by atoms with van der Waals surface area (Å²) in [4.78, 5) is 38.3. The summed E-state index contributed by atoms with van der Waals surface area (Å²) in [5, 5.41) is 10.6. The number of pyridine rings is 1. The lowest BCUT2D eigenvalue weighted by molar-refractivity contribution is -0.384. The van der Waals surface area contributed by atoms with E-state index in [1.165, 1.54) is 34.7 Å². The largest absolute Gasteiger partial charge is 0.482 e. The summed E-state index contributed by atoms with van der Waals surface area (Å²) in [7, 11) is 0. The van der Waals surface area contributed by atoms with Crippen molar-refractivity contribution in [1.29, 1.82) is 0 Å². The molecule has 2 aromatic heterocycles. The molecule has 0 aliphatic heterocycles. The molecule has 0 amide bonds. The predicted molar refractivity (Wildman–Crippen MR) is 94.6 cm³/mol. The Morgan fingerprint density at radius 3 is 2.70 bits per heavy atom. The summed E-state index contributed by atoms with van der Waals surface area (Å²) in [5.41, 5.74) is 1.31. The number of ether oxygens (including phenoxy) is 2. The van der Waals surface area contributed by atoms with Crippen LogP contribution in [0.15, 0.2) is 53.5 Å². The number of aromatic nitrogens is 2. The van der Waals surface area contributed by atoms with Crippen LogP contribution < -0.4 is 10.3 Å². The molecule has 3 aromatic rings. The number of carbonyl (C=O) groups is 1. The van der Waals surface area contributed by atoms with Crippen molar-refractivity contribution in [2.75, 3.05) is 6.61 Å². The molecule has 138 valence electrons. The Hall–Kier alpha value is -3.75. The third-order valence-corrected chi connectivity index (χ3v) is 3.72. The van der Waals surface area contributed by atoms with E-state index in [0.29, 0.717) is 17.1 Å². The SMILES string of the molecule is Cc1cccn2c(=O)cc(COC(=O)COc3ccc([N+](=O)[O-])cc3)nc12. The molecule has 27 heavy (non-hydrogen) atoms. The van der Waals surface area contributed by atoms with E-state index in [0.717, 1.165) is 5.56 Å². The molecule has 9 nitrogen and oxygen atoms in total. The van der Waals surface area contributed by atoms with E-state index in [1.54, 1.807) is 12.3 Å². The third-order valence-electron chi connectivity index (χ3n) is 3.72. The highest BCUT2D eigenvalue weighted by atomic mass is 16.6. The first-order valence-electron chi connectivity index (χ1n) is 7.95. The van der Waals surface area contributed by atoms with Crippen LogP contribution in [0.4, 0.5) is 5.69 Å². The summed E-state index contributed by atoms with van der Waals surface area (Å²) in [6.45, 7) is 1.29. The Labute approximate surface area is 152 Å². The number of fused-ring (bicyclic) bond motifs is 1. The number of rotatable bonds is 6. The molecule has 3 rings (SSSR count). The molecule has 0 fully saturated rings. The van der Waals surface area contributed by atoms with Gasteiger partial charge in [0.2, 0.25) is 0 Å². The topological polar surface area (TPSA) is 113 Å². The Morgan fingerprint density at radius 1 is 1.26 bits per heavy atom. The van der Waals surface area contributed by atoms with Crippen molar-refractivity contribution >= 4 is 17.3 Å². The molecule has 0 atom stereocenters. The molecular weight excluding hydrogens is 354 g/mol. The van der Waals surface area contributed by atoms with E-state index < -0.39 is 10.9 Å². The van der Waals surface area contributed by atoms with Gasteiger partial charge in [-0.2, -0.15) is 0 Å². The number of benzene rings is 1. The van der Waals surface area contributed by atoms with Crippen molar-refractivity contribution in [2.45, 2.75) is 13.5 Å². The molecule has 0 radical (unpaired) electrons. The Bertz CT molecular complexity index is 1060. The van der Waals surface area contributed by atoms with Crippen LogP contribution in [-0.2, 0) is 16.1 Å². The minimum atomic E-state index is -0.653. The van der Waals surface area contributed by atoms with Gasteiger partial charge in [-0.1, -0.05) is 6.07 Å². The van der Waals surface area contributed by atoms with Gasteiger partial charge in [-0.25, -0.2) is 9.78 Å². The molecule has 0 unspecified atom stereocenters. The predicted octanol–water partition coefficient (Wildman–Crippen LogP) is 2.03. The standard InChI is InChI=1S/C18H15N3O6/c1-12-3-2-8-20-16(22)9-13(19-18(12)20)10-27-17(23)11-26-15-6-4-14(5-7-15)21(24)25/h2-9H,10-11H2,1H3. The highest BCUT2D eigenvalue weighted by molar-refractivity contribution is 5.71. The summed E-state index contributed by atoms with van der Waals surface area (Å²) in [5.74, 6) is -0.351. The average molecular weight is 369 g/mol. The molecule has 0 bridgehead atoms. The normalized spacial score (nSPS) is 10.6. The van der Waals surface area contributed by atoms with Crippen LogP contribution >= 0.6 is 0 Å². The van der Waals surface area contributed by atoms with Crippen molar-refractivity contribution in [3.63, 3.8) is 0 Å². The van der Waals surface area contributed by atoms with E-state index >= 15 is 0 Å². The molecule has 0 aliphatic carbocycles. The molecule has 2 heterocycles. The van der Waals surface area contributed by atoms with Gasteiger partial charge in [0, 0.05) is 24.4 Å². The molecule has 0 saturated heterocycles.